The van der Waals surface area contributed by atoms with Gasteiger partial charge < -0.3 is 9.30 Å². The molecule has 104 valence electrons. The Hall–Kier alpha value is -1.81. The van der Waals surface area contributed by atoms with Crippen molar-refractivity contribution in [3.8, 4) is 11.4 Å². The van der Waals surface area contributed by atoms with Crippen molar-refractivity contribution in [2.45, 2.75) is 25.3 Å². The van der Waals surface area contributed by atoms with Gasteiger partial charge in [-0.05, 0) is 43.5 Å². The fourth-order valence-corrected chi connectivity index (χ4v) is 2.83. The Morgan fingerprint density at radius 3 is 2.85 bits per heavy atom. The second kappa shape index (κ2) is 5.29. The average molecular weight is 291 g/mol. The number of nitrogens with zero attached hydrogens (tertiary/aromatic N) is 2. The Morgan fingerprint density at radius 2 is 2.15 bits per heavy atom. The standard InChI is InChI=1S/C15H15ClN2O2/c1-20-15(19)13-4-2-3-12-9-17-14(18(12)13)10-5-7-11(16)8-6-10/h5-9,13H,2-4H2,1H3. The van der Waals surface area contributed by atoms with Crippen molar-refractivity contribution in [1.82, 2.24) is 9.55 Å². The smallest absolute Gasteiger partial charge is 0.328 e. The molecule has 2 heterocycles. The third-order valence-electron chi connectivity index (χ3n) is 3.67. The first kappa shape index (κ1) is 13.2. The molecule has 3 rings (SSSR count). The summed E-state index contributed by atoms with van der Waals surface area (Å²) in [6, 6.07) is 7.21. The van der Waals surface area contributed by atoms with Gasteiger partial charge in [-0.2, -0.15) is 0 Å². The van der Waals surface area contributed by atoms with E-state index in [2.05, 4.69) is 4.98 Å². The zero-order chi connectivity index (χ0) is 14.1. The number of ether oxygens (including phenoxy) is 1. The number of imidazole rings is 1. The van der Waals surface area contributed by atoms with Gasteiger partial charge in [-0.3, -0.25) is 0 Å². The fraction of sp³-hybridized carbons (Fsp3) is 0.333. The van der Waals surface area contributed by atoms with E-state index in [1.807, 2.05) is 35.0 Å². The maximum absolute atomic E-state index is 12.0. The molecule has 1 aliphatic heterocycles. The number of aryl methyl sites for hydroxylation is 1. The Labute approximate surface area is 122 Å². The number of halogens is 1. The lowest BCUT2D eigenvalue weighted by atomic mass is 10.0. The van der Waals surface area contributed by atoms with E-state index < -0.39 is 0 Å². The topological polar surface area (TPSA) is 44.1 Å². The van der Waals surface area contributed by atoms with Crippen molar-refractivity contribution in [2.24, 2.45) is 0 Å². The highest BCUT2D eigenvalue weighted by atomic mass is 35.5. The predicted octanol–water partition coefficient (Wildman–Crippen LogP) is 3.25. The van der Waals surface area contributed by atoms with Gasteiger partial charge in [0.15, 0.2) is 0 Å². The van der Waals surface area contributed by atoms with E-state index in [9.17, 15) is 4.79 Å². The molecule has 1 unspecified atom stereocenters. The summed E-state index contributed by atoms with van der Waals surface area (Å²) in [7, 11) is 1.43. The van der Waals surface area contributed by atoms with Crippen LogP contribution in [0.4, 0.5) is 0 Å². The van der Waals surface area contributed by atoms with E-state index >= 15 is 0 Å². The van der Waals surface area contributed by atoms with Gasteiger partial charge in [-0.25, -0.2) is 9.78 Å². The summed E-state index contributed by atoms with van der Waals surface area (Å²) in [5.41, 5.74) is 2.04. The van der Waals surface area contributed by atoms with Crippen molar-refractivity contribution >= 4 is 17.6 Å². The molecule has 1 aromatic carbocycles. The lowest BCUT2D eigenvalue weighted by molar-refractivity contribution is -0.145. The van der Waals surface area contributed by atoms with Gasteiger partial charge in [0.1, 0.15) is 11.9 Å². The summed E-state index contributed by atoms with van der Waals surface area (Å²) in [5.74, 6) is 0.589. The first-order valence-electron chi connectivity index (χ1n) is 6.60. The van der Waals surface area contributed by atoms with Crippen LogP contribution >= 0.6 is 11.6 Å². The van der Waals surface area contributed by atoms with E-state index in [4.69, 9.17) is 16.3 Å². The highest BCUT2D eigenvalue weighted by Crippen LogP contribution is 2.32. The summed E-state index contributed by atoms with van der Waals surface area (Å²) in [6.45, 7) is 0. The SMILES string of the molecule is COC(=O)C1CCCc2cnc(-c3ccc(Cl)cc3)n21. The Bertz CT molecular complexity index is 634. The molecule has 0 saturated heterocycles. The number of methoxy groups -OCH3 is 1. The molecule has 0 N–H and O–H groups in total. The highest BCUT2D eigenvalue weighted by Gasteiger charge is 2.29. The lowest BCUT2D eigenvalue weighted by Gasteiger charge is -2.25. The minimum atomic E-state index is -0.281. The second-order valence-corrected chi connectivity index (χ2v) is 5.32. The minimum Gasteiger partial charge on any atom is -0.467 e. The van der Waals surface area contributed by atoms with E-state index in [1.54, 1.807) is 0 Å². The zero-order valence-corrected chi connectivity index (χ0v) is 11.9. The monoisotopic (exact) mass is 290 g/mol. The number of carbonyl (C=O) groups excluding carboxylic acids is 1. The third-order valence-corrected chi connectivity index (χ3v) is 3.92. The average Bonchev–Trinajstić information content (AvgIpc) is 2.91. The number of rotatable bonds is 2. The van der Waals surface area contributed by atoms with Crippen LogP contribution in [0.25, 0.3) is 11.4 Å². The lowest BCUT2D eigenvalue weighted by Crippen LogP contribution is -2.26. The molecule has 0 saturated carbocycles. The maximum atomic E-state index is 12.0. The molecule has 0 aliphatic carbocycles. The van der Waals surface area contributed by atoms with Gasteiger partial charge in [-0.15, -0.1) is 0 Å². The molecule has 0 radical (unpaired) electrons. The number of fused-ring (bicyclic) bond motifs is 1. The van der Waals surface area contributed by atoms with Crippen molar-refractivity contribution in [1.29, 1.82) is 0 Å². The van der Waals surface area contributed by atoms with Crippen molar-refractivity contribution < 1.29 is 9.53 Å². The molecule has 1 aromatic heterocycles. The van der Waals surface area contributed by atoms with Crippen molar-refractivity contribution in [2.75, 3.05) is 7.11 Å². The molecule has 4 nitrogen and oxygen atoms in total. The molecular weight excluding hydrogens is 276 g/mol. The van der Waals surface area contributed by atoms with Crippen LogP contribution in [0.2, 0.25) is 5.02 Å². The van der Waals surface area contributed by atoms with Gasteiger partial charge in [0.05, 0.1) is 7.11 Å². The third kappa shape index (κ3) is 2.20. The van der Waals surface area contributed by atoms with E-state index in [-0.39, 0.29) is 12.0 Å². The van der Waals surface area contributed by atoms with Gasteiger partial charge in [0.25, 0.3) is 0 Å². The van der Waals surface area contributed by atoms with Gasteiger partial charge >= 0.3 is 5.97 Å². The Morgan fingerprint density at radius 1 is 1.40 bits per heavy atom. The summed E-state index contributed by atoms with van der Waals surface area (Å²) < 4.78 is 6.92. The quantitative estimate of drug-likeness (QED) is 0.798. The van der Waals surface area contributed by atoms with Gasteiger partial charge in [0, 0.05) is 22.5 Å². The summed E-state index contributed by atoms with van der Waals surface area (Å²) in [5, 5.41) is 0.684. The molecule has 0 bridgehead atoms. The number of aromatic nitrogens is 2. The number of hydrogen-bond donors (Lipinski definition) is 0. The predicted molar refractivity (Wildman–Crippen MR) is 76.7 cm³/mol. The number of esters is 1. The van der Waals surface area contributed by atoms with E-state index in [1.165, 1.54) is 7.11 Å². The molecule has 1 atom stereocenters. The van der Waals surface area contributed by atoms with Crippen LogP contribution in [0, 0.1) is 0 Å². The van der Waals surface area contributed by atoms with Crippen LogP contribution in [0.15, 0.2) is 30.5 Å². The van der Waals surface area contributed by atoms with Crippen LogP contribution in [-0.2, 0) is 16.0 Å². The number of hydrogen-bond acceptors (Lipinski definition) is 3. The van der Waals surface area contributed by atoms with Crippen LogP contribution in [0.3, 0.4) is 0 Å². The molecule has 0 fully saturated rings. The van der Waals surface area contributed by atoms with E-state index in [0.29, 0.717) is 5.02 Å². The van der Waals surface area contributed by atoms with Crippen molar-refractivity contribution in [3.05, 3.63) is 41.2 Å². The molecule has 0 spiro atoms. The van der Waals surface area contributed by atoms with Crippen LogP contribution in [-0.4, -0.2) is 22.6 Å². The van der Waals surface area contributed by atoms with Crippen LogP contribution in [0.5, 0.6) is 0 Å². The zero-order valence-electron chi connectivity index (χ0n) is 11.2. The highest BCUT2D eigenvalue weighted by molar-refractivity contribution is 6.30. The largest absolute Gasteiger partial charge is 0.467 e. The Kier molecular flexibility index (Phi) is 3.49. The first-order chi connectivity index (χ1) is 9.70. The van der Waals surface area contributed by atoms with Crippen molar-refractivity contribution in [3.63, 3.8) is 0 Å². The molecule has 2 aromatic rings. The normalized spacial score (nSPS) is 17.6. The summed E-state index contributed by atoms with van der Waals surface area (Å²) in [6.07, 6.45) is 4.55. The van der Waals surface area contributed by atoms with Crippen LogP contribution < -0.4 is 0 Å². The molecule has 20 heavy (non-hydrogen) atoms. The maximum Gasteiger partial charge on any atom is 0.328 e. The van der Waals surface area contributed by atoms with Gasteiger partial charge in [0.2, 0.25) is 0 Å². The summed E-state index contributed by atoms with van der Waals surface area (Å²) in [4.78, 5) is 16.5. The molecule has 5 heteroatoms. The molecular formula is C15H15ClN2O2. The van der Waals surface area contributed by atoms with Crippen LogP contribution in [0.1, 0.15) is 24.6 Å². The minimum absolute atomic E-state index is 0.209. The molecule has 1 aliphatic rings. The fourth-order valence-electron chi connectivity index (χ4n) is 2.71. The Balaban J connectivity index is 2.08. The summed E-state index contributed by atoms with van der Waals surface area (Å²) >= 11 is 5.92. The molecule has 0 amide bonds. The van der Waals surface area contributed by atoms with E-state index in [0.717, 1.165) is 36.3 Å². The van der Waals surface area contributed by atoms with Gasteiger partial charge in [-0.1, -0.05) is 11.6 Å². The second-order valence-electron chi connectivity index (χ2n) is 4.88. The number of carbonyl (C=O) groups is 1. The number of benzene rings is 1. The first-order valence-corrected chi connectivity index (χ1v) is 6.98.